The molecule has 0 bridgehead atoms. The first-order valence-electron chi connectivity index (χ1n) is 27.4. The van der Waals surface area contributed by atoms with Gasteiger partial charge in [0.15, 0.2) is 0 Å². The molecule has 0 fully saturated rings. The van der Waals surface area contributed by atoms with Gasteiger partial charge in [-0.05, 0) is 127 Å². The first-order chi connectivity index (χ1) is 35.5. The summed E-state index contributed by atoms with van der Waals surface area (Å²) in [6.45, 7) is 27.4. The molecule has 4 heteroatoms. The van der Waals surface area contributed by atoms with Gasteiger partial charge in [0.1, 0.15) is 11.6 Å². The summed E-state index contributed by atoms with van der Waals surface area (Å²) in [6.07, 6.45) is -0.458. The van der Waals surface area contributed by atoms with Crippen molar-refractivity contribution in [2.24, 2.45) is 0 Å². The maximum atomic E-state index is 12.8. The van der Waals surface area contributed by atoms with Crippen LogP contribution in [-0.2, 0) is 21.7 Å². The standard InChI is InChI=1S/C65H67N3O/c1-41-27-29-42(30-28-41)45-31-32-66-56(36-45)47-33-46(34-48(35-47)62(2,3)4)50-25-20-26-57-59(50)67-61(53-37-49(63(5,6)7)38-55(60(53)69)65(11,12)13)68(57)58-40-51(43-21-16-14-17-22-43)54(64(8,9)10)39-52(58)44-23-18-15-19-24-44/h14-40,69H,1-13H3/i27D,28D,29D,30D,31D,32D,36D. The van der Waals surface area contributed by atoms with Crippen LogP contribution in [0, 0.1) is 6.92 Å². The van der Waals surface area contributed by atoms with Crippen molar-refractivity contribution in [3.05, 3.63) is 192 Å². The van der Waals surface area contributed by atoms with Gasteiger partial charge in [-0.2, -0.15) is 0 Å². The van der Waals surface area contributed by atoms with Crippen molar-refractivity contribution in [1.82, 2.24) is 14.5 Å². The molecule has 7 aromatic carbocycles. The summed E-state index contributed by atoms with van der Waals surface area (Å²) in [6, 6.07) is 39.7. The summed E-state index contributed by atoms with van der Waals surface area (Å²) in [7, 11) is 0. The van der Waals surface area contributed by atoms with Gasteiger partial charge in [-0.25, -0.2) is 4.98 Å². The zero-order valence-electron chi connectivity index (χ0n) is 49.3. The molecule has 0 aliphatic heterocycles. The predicted octanol–water partition coefficient (Wildman–Crippen LogP) is 17.6. The Hall–Kier alpha value is -7.04. The molecule has 69 heavy (non-hydrogen) atoms. The largest absolute Gasteiger partial charge is 0.507 e. The molecular formula is C65H67N3O. The van der Waals surface area contributed by atoms with Gasteiger partial charge in [-0.1, -0.05) is 198 Å². The molecule has 9 rings (SSSR count). The summed E-state index contributed by atoms with van der Waals surface area (Å²) in [5, 5.41) is 12.8. The number of benzene rings is 7. The van der Waals surface area contributed by atoms with Crippen LogP contribution in [0.5, 0.6) is 5.75 Å². The van der Waals surface area contributed by atoms with Gasteiger partial charge in [0.2, 0.25) is 0 Å². The van der Waals surface area contributed by atoms with E-state index in [4.69, 9.17) is 13.2 Å². The summed E-state index contributed by atoms with van der Waals surface area (Å²) < 4.78 is 64.9. The van der Waals surface area contributed by atoms with Gasteiger partial charge >= 0.3 is 0 Å². The molecule has 1 N–H and O–H groups in total. The minimum atomic E-state index is -0.458. The molecule has 0 amide bonds. The third-order valence-corrected chi connectivity index (χ3v) is 13.0. The average molecular weight is 913 g/mol. The number of fused-ring (bicyclic) bond motifs is 1. The molecule has 0 aliphatic carbocycles. The minimum absolute atomic E-state index is 0.0673. The van der Waals surface area contributed by atoms with Crippen LogP contribution in [0.25, 0.3) is 83.9 Å². The summed E-state index contributed by atoms with van der Waals surface area (Å²) in [5.74, 6) is 0.696. The van der Waals surface area contributed by atoms with E-state index in [1.54, 1.807) is 0 Å². The molecule has 0 radical (unpaired) electrons. The smallest absolute Gasteiger partial charge is 0.149 e. The highest BCUT2D eigenvalue weighted by Crippen LogP contribution is 2.48. The quantitative estimate of drug-likeness (QED) is 0.173. The van der Waals surface area contributed by atoms with Crippen LogP contribution in [0.4, 0.5) is 0 Å². The SMILES string of the molecule is [2H]c1nc(-c2cc(-c3cccc4c3nc(-c3cc(C(C)(C)C)cc(C(C)(C)C)c3O)n4-c3cc(-c4ccccc4)c(C(C)(C)C)cc3-c3ccccc3)cc(C(C)(C)C)c2)c([2H])c(-c2c([2H])c([2H])c(C)c([2H])c2[2H])c1[2H]. The molecule has 0 saturated carbocycles. The average Bonchev–Trinajstić information content (AvgIpc) is 3.79. The van der Waals surface area contributed by atoms with Crippen molar-refractivity contribution in [3.8, 4) is 78.6 Å². The van der Waals surface area contributed by atoms with E-state index >= 15 is 0 Å². The Bertz CT molecular complexity index is 3750. The molecule has 0 saturated heterocycles. The first kappa shape index (κ1) is 38.9. The van der Waals surface area contributed by atoms with E-state index in [0.717, 1.165) is 61.3 Å². The van der Waals surface area contributed by atoms with Gasteiger partial charge in [-0.15, -0.1) is 0 Å². The Morgan fingerprint density at radius 1 is 0.478 bits per heavy atom. The number of aromatic hydroxyl groups is 1. The lowest BCUT2D eigenvalue weighted by Crippen LogP contribution is -2.17. The zero-order valence-corrected chi connectivity index (χ0v) is 42.3. The Balaban J connectivity index is 1.43. The van der Waals surface area contributed by atoms with Gasteiger partial charge in [0.25, 0.3) is 0 Å². The highest BCUT2D eigenvalue weighted by molar-refractivity contribution is 5.98. The Labute approximate surface area is 420 Å². The number of pyridine rings is 1. The lowest BCUT2D eigenvalue weighted by molar-refractivity contribution is 0.446. The van der Waals surface area contributed by atoms with Gasteiger partial charge < -0.3 is 5.11 Å². The number of phenols is 1. The number of hydrogen-bond acceptors (Lipinski definition) is 3. The van der Waals surface area contributed by atoms with E-state index in [0.29, 0.717) is 22.5 Å². The highest BCUT2D eigenvalue weighted by Gasteiger charge is 2.31. The fraction of sp³-hybridized carbons (Fsp3) is 0.262. The van der Waals surface area contributed by atoms with Crippen LogP contribution in [0.1, 0.15) is 120 Å². The third-order valence-electron chi connectivity index (χ3n) is 13.0. The molecule has 9 aromatic rings. The van der Waals surface area contributed by atoms with E-state index in [1.807, 2.05) is 36.4 Å². The molecule has 4 nitrogen and oxygen atoms in total. The van der Waals surface area contributed by atoms with Crippen LogP contribution in [-0.4, -0.2) is 19.6 Å². The number of hydrogen-bond donors (Lipinski definition) is 1. The van der Waals surface area contributed by atoms with Crippen LogP contribution < -0.4 is 0 Å². The second-order valence-electron chi connectivity index (χ2n) is 22.5. The molecule has 2 aromatic heterocycles. The molecule has 0 spiro atoms. The molecule has 0 aliphatic rings. The number of nitrogens with zero attached hydrogens (tertiary/aromatic N) is 3. The molecule has 0 atom stereocenters. The summed E-state index contributed by atoms with van der Waals surface area (Å²) >= 11 is 0. The van der Waals surface area contributed by atoms with Crippen LogP contribution in [0.3, 0.4) is 0 Å². The van der Waals surface area contributed by atoms with Crippen molar-refractivity contribution < 1.29 is 14.7 Å². The number of aromatic nitrogens is 3. The van der Waals surface area contributed by atoms with Crippen molar-refractivity contribution in [2.45, 2.75) is 112 Å². The van der Waals surface area contributed by atoms with Crippen LogP contribution >= 0.6 is 0 Å². The lowest BCUT2D eigenvalue weighted by Gasteiger charge is -2.28. The zero-order chi connectivity index (χ0) is 55.3. The van der Waals surface area contributed by atoms with Crippen molar-refractivity contribution >= 4 is 11.0 Å². The molecular weight excluding hydrogens is 839 g/mol. The Morgan fingerprint density at radius 3 is 1.68 bits per heavy atom. The van der Waals surface area contributed by atoms with Gasteiger partial charge in [0.05, 0.1) is 37.6 Å². The molecule has 0 unspecified atom stereocenters. The monoisotopic (exact) mass is 913 g/mol. The van der Waals surface area contributed by atoms with E-state index in [9.17, 15) is 6.48 Å². The lowest BCUT2D eigenvalue weighted by atomic mass is 9.78. The number of rotatable bonds is 7. The molecule has 2 heterocycles. The Morgan fingerprint density at radius 2 is 1.07 bits per heavy atom. The van der Waals surface area contributed by atoms with E-state index in [-0.39, 0.29) is 69.2 Å². The minimum Gasteiger partial charge on any atom is -0.507 e. The van der Waals surface area contributed by atoms with Gasteiger partial charge in [0, 0.05) is 28.4 Å². The van der Waals surface area contributed by atoms with Crippen LogP contribution in [0.2, 0.25) is 0 Å². The predicted molar refractivity (Wildman–Crippen MR) is 293 cm³/mol. The fourth-order valence-electron chi connectivity index (χ4n) is 9.10. The van der Waals surface area contributed by atoms with E-state index in [2.05, 4.69) is 178 Å². The van der Waals surface area contributed by atoms with E-state index in [1.165, 1.54) is 12.5 Å². The van der Waals surface area contributed by atoms with Gasteiger partial charge in [-0.3, -0.25) is 9.55 Å². The Kier molecular flexibility index (Phi) is 9.85. The van der Waals surface area contributed by atoms with Crippen molar-refractivity contribution in [1.29, 1.82) is 0 Å². The summed E-state index contributed by atoms with van der Waals surface area (Å²) in [4.78, 5) is 10.3. The highest BCUT2D eigenvalue weighted by atomic mass is 16.3. The number of imidazole rings is 1. The maximum absolute atomic E-state index is 12.8. The summed E-state index contributed by atoms with van der Waals surface area (Å²) in [5.41, 5.74) is 11.3. The second kappa shape index (κ2) is 17.5. The van der Waals surface area contributed by atoms with Crippen molar-refractivity contribution in [2.75, 3.05) is 0 Å². The number of para-hydroxylation sites is 1. The topological polar surface area (TPSA) is 50.9 Å². The first-order valence-corrected chi connectivity index (χ1v) is 23.9. The normalized spacial score (nSPS) is 13.9. The van der Waals surface area contributed by atoms with Crippen molar-refractivity contribution in [3.63, 3.8) is 0 Å². The maximum Gasteiger partial charge on any atom is 0.149 e. The second-order valence-corrected chi connectivity index (χ2v) is 22.5. The van der Waals surface area contributed by atoms with E-state index < -0.39 is 23.0 Å². The fourth-order valence-corrected chi connectivity index (χ4v) is 9.10. The molecule has 348 valence electrons. The number of phenolic OH excluding ortho intramolecular Hbond substituents is 1. The third kappa shape index (κ3) is 9.30. The van der Waals surface area contributed by atoms with Crippen LogP contribution in [0.15, 0.2) is 164 Å².